The maximum absolute atomic E-state index is 4.76. The Morgan fingerprint density at radius 1 is 0.741 bits per heavy atom. The van der Waals surface area contributed by atoms with Crippen LogP contribution in [-0.2, 0) is 0 Å². The maximum atomic E-state index is 4.76. The van der Waals surface area contributed by atoms with Crippen LogP contribution in [0.5, 0.6) is 0 Å². The fourth-order valence-corrected chi connectivity index (χ4v) is 3.80. The Hall–Kier alpha value is -2.87. The number of fused-ring (bicyclic) bond motifs is 1. The van der Waals surface area contributed by atoms with Crippen molar-refractivity contribution in [2.75, 3.05) is 0 Å². The number of aromatic nitrogens is 2. The molecule has 0 fully saturated rings. The SMILES string of the molecule is CC(C)c1cccc(C(C)C)c1-n1cccc1-c1cc2ccccc2cn1. The lowest BCUT2D eigenvalue weighted by Crippen LogP contribution is -2.07. The molecule has 2 aromatic heterocycles. The van der Waals surface area contributed by atoms with E-state index >= 15 is 0 Å². The Morgan fingerprint density at radius 3 is 2.07 bits per heavy atom. The van der Waals surface area contributed by atoms with Crippen LogP contribution in [0.15, 0.2) is 73.1 Å². The van der Waals surface area contributed by atoms with Crippen LogP contribution in [0.4, 0.5) is 0 Å². The van der Waals surface area contributed by atoms with E-state index in [-0.39, 0.29) is 0 Å². The zero-order chi connectivity index (χ0) is 19.0. The van der Waals surface area contributed by atoms with Crippen LogP contribution < -0.4 is 0 Å². The summed E-state index contributed by atoms with van der Waals surface area (Å²) >= 11 is 0. The van der Waals surface area contributed by atoms with Gasteiger partial charge < -0.3 is 4.57 Å². The fraction of sp³-hybridized carbons (Fsp3) is 0.240. The summed E-state index contributed by atoms with van der Waals surface area (Å²) in [6.07, 6.45) is 4.14. The second kappa shape index (κ2) is 7.03. The van der Waals surface area contributed by atoms with Crippen LogP contribution in [0.25, 0.3) is 27.8 Å². The Balaban J connectivity index is 1.94. The molecule has 2 aromatic carbocycles. The zero-order valence-corrected chi connectivity index (χ0v) is 16.5. The standard InChI is InChI=1S/C25H26N2/c1-17(2)21-11-7-12-22(18(3)4)25(21)27-14-8-13-24(27)23-15-19-9-5-6-10-20(19)16-26-23/h5-18H,1-4H3. The van der Waals surface area contributed by atoms with Crippen molar-refractivity contribution in [3.05, 3.63) is 84.2 Å². The Kier molecular flexibility index (Phi) is 4.57. The molecule has 0 spiro atoms. The van der Waals surface area contributed by atoms with E-state index in [0.29, 0.717) is 11.8 Å². The molecule has 4 aromatic rings. The summed E-state index contributed by atoms with van der Waals surface area (Å²) in [5, 5.41) is 2.39. The molecule has 0 N–H and O–H groups in total. The molecule has 27 heavy (non-hydrogen) atoms. The first-order valence-corrected chi connectivity index (χ1v) is 9.72. The molecule has 0 saturated carbocycles. The van der Waals surface area contributed by atoms with E-state index < -0.39 is 0 Å². The highest BCUT2D eigenvalue weighted by Crippen LogP contribution is 2.34. The first-order valence-electron chi connectivity index (χ1n) is 9.72. The van der Waals surface area contributed by atoms with Crippen molar-refractivity contribution in [2.24, 2.45) is 0 Å². The van der Waals surface area contributed by atoms with Gasteiger partial charge in [0.25, 0.3) is 0 Å². The molecule has 0 aliphatic heterocycles. The van der Waals surface area contributed by atoms with Crippen molar-refractivity contribution in [1.82, 2.24) is 9.55 Å². The monoisotopic (exact) mass is 354 g/mol. The summed E-state index contributed by atoms with van der Waals surface area (Å²) in [5.74, 6) is 0.914. The topological polar surface area (TPSA) is 17.8 Å². The third kappa shape index (κ3) is 3.16. The highest BCUT2D eigenvalue weighted by molar-refractivity contribution is 5.85. The van der Waals surface area contributed by atoms with Gasteiger partial charge in [0.15, 0.2) is 0 Å². The summed E-state index contributed by atoms with van der Waals surface area (Å²) < 4.78 is 2.32. The van der Waals surface area contributed by atoms with Gasteiger partial charge in [-0.15, -0.1) is 0 Å². The minimum atomic E-state index is 0.457. The molecule has 0 bridgehead atoms. The molecule has 0 aliphatic rings. The van der Waals surface area contributed by atoms with Gasteiger partial charge in [0.05, 0.1) is 17.1 Å². The van der Waals surface area contributed by atoms with Crippen molar-refractivity contribution in [3.63, 3.8) is 0 Å². The van der Waals surface area contributed by atoms with Gasteiger partial charge in [0.2, 0.25) is 0 Å². The number of hydrogen-bond acceptors (Lipinski definition) is 1. The van der Waals surface area contributed by atoms with Gasteiger partial charge in [0, 0.05) is 17.8 Å². The Bertz CT molecular complexity index is 1060. The number of para-hydroxylation sites is 1. The third-order valence-electron chi connectivity index (χ3n) is 5.23. The highest BCUT2D eigenvalue weighted by atomic mass is 15.0. The van der Waals surface area contributed by atoms with Gasteiger partial charge in [-0.3, -0.25) is 4.98 Å². The maximum Gasteiger partial charge on any atom is 0.0876 e. The highest BCUT2D eigenvalue weighted by Gasteiger charge is 2.18. The van der Waals surface area contributed by atoms with Gasteiger partial charge in [-0.1, -0.05) is 70.2 Å². The summed E-state index contributed by atoms with van der Waals surface area (Å²) in [4.78, 5) is 4.76. The summed E-state index contributed by atoms with van der Waals surface area (Å²) in [6.45, 7) is 9.06. The molecule has 2 heteroatoms. The molecule has 2 heterocycles. The minimum absolute atomic E-state index is 0.457. The molecular weight excluding hydrogens is 328 g/mol. The molecule has 0 atom stereocenters. The van der Waals surface area contributed by atoms with Crippen molar-refractivity contribution < 1.29 is 0 Å². The molecule has 0 amide bonds. The van der Waals surface area contributed by atoms with Crippen LogP contribution >= 0.6 is 0 Å². The summed E-state index contributed by atoms with van der Waals surface area (Å²) in [5.41, 5.74) is 6.19. The quantitative estimate of drug-likeness (QED) is 0.388. The van der Waals surface area contributed by atoms with E-state index in [1.165, 1.54) is 27.6 Å². The van der Waals surface area contributed by atoms with Gasteiger partial charge in [0.1, 0.15) is 0 Å². The van der Waals surface area contributed by atoms with Crippen molar-refractivity contribution >= 4 is 10.8 Å². The summed E-state index contributed by atoms with van der Waals surface area (Å²) in [7, 11) is 0. The van der Waals surface area contributed by atoms with Crippen LogP contribution in [0.1, 0.15) is 50.7 Å². The summed E-state index contributed by atoms with van der Waals surface area (Å²) in [6, 6.07) is 21.6. The Labute approximate surface area is 161 Å². The lowest BCUT2D eigenvalue weighted by atomic mass is 9.92. The molecule has 4 rings (SSSR count). The minimum Gasteiger partial charge on any atom is -0.315 e. The van der Waals surface area contributed by atoms with E-state index in [0.717, 1.165) is 11.4 Å². The normalized spacial score (nSPS) is 11.6. The van der Waals surface area contributed by atoms with Crippen molar-refractivity contribution in [3.8, 4) is 17.1 Å². The zero-order valence-electron chi connectivity index (χ0n) is 16.5. The lowest BCUT2D eigenvalue weighted by Gasteiger charge is -2.22. The van der Waals surface area contributed by atoms with E-state index in [4.69, 9.17) is 4.98 Å². The largest absolute Gasteiger partial charge is 0.315 e. The third-order valence-corrected chi connectivity index (χ3v) is 5.23. The lowest BCUT2D eigenvalue weighted by molar-refractivity contribution is 0.807. The molecule has 0 aliphatic carbocycles. The molecule has 0 radical (unpaired) electrons. The van der Waals surface area contributed by atoms with Crippen molar-refractivity contribution in [1.29, 1.82) is 0 Å². The van der Waals surface area contributed by atoms with Crippen LogP contribution in [0.3, 0.4) is 0 Å². The predicted molar refractivity (Wildman–Crippen MR) is 115 cm³/mol. The van der Waals surface area contributed by atoms with Gasteiger partial charge in [-0.2, -0.15) is 0 Å². The molecule has 0 saturated heterocycles. The average Bonchev–Trinajstić information content (AvgIpc) is 3.16. The molecule has 136 valence electrons. The number of hydrogen-bond donors (Lipinski definition) is 0. The number of benzene rings is 2. The van der Waals surface area contributed by atoms with E-state index in [2.05, 4.69) is 99.1 Å². The Morgan fingerprint density at radius 2 is 1.41 bits per heavy atom. The van der Waals surface area contributed by atoms with Crippen molar-refractivity contribution in [2.45, 2.75) is 39.5 Å². The second-order valence-electron chi connectivity index (χ2n) is 7.77. The fourth-order valence-electron chi connectivity index (χ4n) is 3.80. The van der Waals surface area contributed by atoms with E-state index in [1.54, 1.807) is 0 Å². The van der Waals surface area contributed by atoms with E-state index in [9.17, 15) is 0 Å². The number of rotatable bonds is 4. The van der Waals surface area contributed by atoms with Crippen LogP contribution in [-0.4, -0.2) is 9.55 Å². The van der Waals surface area contributed by atoms with Gasteiger partial charge in [-0.05, 0) is 46.5 Å². The average molecular weight is 354 g/mol. The number of nitrogens with zero attached hydrogens (tertiary/aromatic N) is 2. The first-order chi connectivity index (χ1) is 13.1. The molecule has 2 nitrogen and oxygen atoms in total. The molecular formula is C25H26N2. The van der Waals surface area contributed by atoms with Crippen LogP contribution in [0, 0.1) is 0 Å². The first kappa shape index (κ1) is 17.5. The van der Waals surface area contributed by atoms with E-state index in [1.807, 2.05) is 6.20 Å². The van der Waals surface area contributed by atoms with Gasteiger partial charge >= 0.3 is 0 Å². The predicted octanol–water partition coefficient (Wildman–Crippen LogP) is 6.94. The van der Waals surface area contributed by atoms with Crippen LogP contribution in [0.2, 0.25) is 0 Å². The smallest absolute Gasteiger partial charge is 0.0876 e. The second-order valence-corrected chi connectivity index (χ2v) is 7.77. The number of pyridine rings is 1. The molecule has 0 unspecified atom stereocenters. The van der Waals surface area contributed by atoms with Gasteiger partial charge in [-0.25, -0.2) is 0 Å².